The largest absolute Gasteiger partial charge is 0.490 e. The number of benzene rings is 2. The summed E-state index contributed by atoms with van der Waals surface area (Å²) < 4.78 is 12.5. The van der Waals surface area contributed by atoms with E-state index in [0.29, 0.717) is 34.4 Å². The summed E-state index contributed by atoms with van der Waals surface area (Å²) in [6.45, 7) is 6.27. The van der Waals surface area contributed by atoms with Crippen LogP contribution in [0, 0.1) is 3.57 Å². The van der Waals surface area contributed by atoms with Crippen LogP contribution in [0.3, 0.4) is 0 Å². The molecule has 0 spiro atoms. The molecule has 168 valence electrons. The van der Waals surface area contributed by atoms with Crippen molar-refractivity contribution in [2.45, 2.75) is 33.3 Å². The van der Waals surface area contributed by atoms with Crippen LogP contribution in [-0.4, -0.2) is 30.6 Å². The van der Waals surface area contributed by atoms with Gasteiger partial charge in [-0.3, -0.25) is 14.9 Å². The van der Waals surface area contributed by atoms with Crippen LogP contribution in [0.2, 0.25) is 5.02 Å². The number of rotatable bonds is 7. The maximum Gasteiger partial charge on any atom is 0.335 e. The smallest absolute Gasteiger partial charge is 0.335 e. The monoisotopic (exact) mass is 568 g/mol. The number of barbiturate groups is 1. The van der Waals surface area contributed by atoms with Crippen LogP contribution < -0.4 is 19.7 Å². The average Bonchev–Trinajstić information content (AvgIpc) is 2.74. The molecular formula is C23H22ClIN2O5. The molecule has 0 aromatic heterocycles. The van der Waals surface area contributed by atoms with Crippen LogP contribution in [0.1, 0.15) is 32.8 Å². The number of halogens is 2. The van der Waals surface area contributed by atoms with Gasteiger partial charge in [0.1, 0.15) is 5.57 Å². The lowest BCUT2D eigenvalue weighted by Crippen LogP contribution is -2.54. The topological polar surface area (TPSA) is 84.9 Å². The van der Waals surface area contributed by atoms with E-state index in [-0.39, 0.29) is 11.7 Å². The van der Waals surface area contributed by atoms with Crippen molar-refractivity contribution in [3.8, 4) is 11.5 Å². The normalized spacial score (nSPS) is 16.2. The number of nitrogens with zero attached hydrogens (tertiary/aromatic N) is 1. The molecular weight excluding hydrogens is 547 g/mol. The van der Waals surface area contributed by atoms with E-state index in [2.05, 4.69) is 27.9 Å². The van der Waals surface area contributed by atoms with Crippen LogP contribution in [-0.2, 0) is 9.59 Å². The lowest BCUT2D eigenvalue weighted by atomic mass is 10.1. The number of urea groups is 1. The predicted molar refractivity (Wildman–Crippen MR) is 131 cm³/mol. The van der Waals surface area contributed by atoms with E-state index in [1.165, 1.54) is 18.2 Å². The van der Waals surface area contributed by atoms with Gasteiger partial charge >= 0.3 is 6.03 Å². The van der Waals surface area contributed by atoms with Gasteiger partial charge in [-0.25, -0.2) is 9.69 Å². The van der Waals surface area contributed by atoms with Crippen molar-refractivity contribution < 1.29 is 23.9 Å². The zero-order valence-corrected chi connectivity index (χ0v) is 20.7. The molecule has 0 radical (unpaired) electrons. The molecule has 1 aliphatic rings. The van der Waals surface area contributed by atoms with Gasteiger partial charge in [0.05, 0.1) is 22.0 Å². The fraction of sp³-hybridized carbons (Fsp3) is 0.261. The molecule has 2 aromatic carbocycles. The van der Waals surface area contributed by atoms with Gasteiger partial charge in [0.25, 0.3) is 11.8 Å². The van der Waals surface area contributed by atoms with Gasteiger partial charge in [0.15, 0.2) is 11.5 Å². The molecule has 7 nitrogen and oxygen atoms in total. The summed E-state index contributed by atoms with van der Waals surface area (Å²) in [5.74, 6) is -0.366. The number of carbonyl (C=O) groups excluding carboxylic acids is 3. The number of carbonyl (C=O) groups is 3. The Morgan fingerprint density at radius 2 is 1.84 bits per heavy atom. The molecule has 0 bridgehead atoms. The van der Waals surface area contributed by atoms with E-state index in [0.717, 1.165) is 14.9 Å². The highest BCUT2D eigenvalue weighted by Gasteiger charge is 2.36. The van der Waals surface area contributed by atoms with E-state index < -0.39 is 17.8 Å². The molecule has 32 heavy (non-hydrogen) atoms. The SMILES string of the molecule is CCOc1cc(/C=C2\C(=O)NC(=O)N(c3ccc(Cl)cc3)C2=O)cc(I)c1O[C@@H](C)CC. The number of amides is 4. The van der Waals surface area contributed by atoms with Crippen molar-refractivity contribution in [2.75, 3.05) is 11.5 Å². The van der Waals surface area contributed by atoms with Gasteiger partial charge in [0.2, 0.25) is 0 Å². The zero-order valence-electron chi connectivity index (χ0n) is 17.8. The molecule has 9 heteroatoms. The Kier molecular flexibility index (Phi) is 7.78. The van der Waals surface area contributed by atoms with Gasteiger partial charge < -0.3 is 9.47 Å². The number of nitrogens with one attached hydrogen (secondary N) is 1. The number of hydrogen-bond acceptors (Lipinski definition) is 5. The Morgan fingerprint density at radius 1 is 1.16 bits per heavy atom. The highest BCUT2D eigenvalue weighted by Crippen LogP contribution is 2.36. The van der Waals surface area contributed by atoms with Crippen LogP contribution in [0.25, 0.3) is 6.08 Å². The minimum Gasteiger partial charge on any atom is -0.490 e. The van der Waals surface area contributed by atoms with E-state index in [9.17, 15) is 14.4 Å². The fourth-order valence-corrected chi connectivity index (χ4v) is 3.86. The summed E-state index contributed by atoms with van der Waals surface area (Å²) in [5.41, 5.74) is 0.698. The Morgan fingerprint density at radius 3 is 2.47 bits per heavy atom. The van der Waals surface area contributed by atoms with Crippen LogP contribution in [0.15, 0.2) is 42.0 Å². The third-order valence-electron chi connectivity index (χ3n) is 4.72. The molecule has 1 saturated heterocycles. The van der Waals surface area contributed by atoms with Crippen LogP contribution >= 0.6 is 34.2 Å². The van der Waals surface area contributed by atoms with Crippen molar-refractivity contribution in [3.63, 3.8) is 0 Å². The van der Waals surface area contributed by atoms with E-state index >= 15 is 0 Å². The summed E-state index contributed by atoms with van der Waals surface area (Å²) in [6.07, 6.45) is 2.26. The minimum atomic E-state index is -0.818. The Hall–Kier alpha value is -2.59. The number of ether oxygens (including phenoxy) is 2. The first kappa shape index (κ1) is 24.1. The molecule has 2 aromatic rings. The van der Waals surface area contributed by atoms with Gasteiger partial charge in [-0.2, -0.15) is 0 Å². The summed E-state index contributed by atoms with van der Waals surface area (Å²) in [4.78, 5) is 38.8. The zero-order chi connectivity index (χ0) is 23.4. The number of hydrogen-bond donors (Lipinski definition) is 1. The second kappa shape index (κ2) is 10.4. The van der Waals surface area contributed by atoms with Gasteiger partial charge in [-0.15, -0.1) is 0 Å². The molecule has 1 N–H and O–H groups in total. The molecule has 1 atom stereocenters. The molecule has 0 aliphatic carbocycles. The first-order chi connectivity index (χ1) is 15.2. The maximum absolute atomic E-state index is 13.1. The van der Waals surface area contributed by atoms with E-state index in [4.69, 9.17) is 21.1 Å². The van der Waals surface area contributed by atoms with Gasteiger partial charge in [-0.05, 0) is 90.9 Å². The van der Waals surface area contributed by atoms with E-state index in [1.54, 1.807) is 24.3 Å². The second-order valence-electron chi connectivity index (χ2n) is 7.03. The van der Waals surface area contributed by atoms with Crippen LogP contribution in [0.5, 0.6) is 11.5 Å². The van der Waals surface area contributed by atoms with Crippen molar-refractivity contribution in [1.29, 1.82) is 0 Å². The predicted octanol–water partition coefficient (Wildman–Crippen LogP) is 5.19. The van der Waals surface area contributed by atoms with Gasteiger partial charge in [0, 0.05) is 5.02 Å². The molecule has 1 fully saturated rings. The van der Waals surface area contributed by atoms with Crippen molar-refractivity contribution in [2.24, 2.45) is 0 Å². The fourth-order valence-electron chi connectivity index (χ4n) is 2.98. The highest BCUT2D eigenvalue weighted by atomic mass is 127. The molecule has 3 rings (SSSR count). The molecule has 0 saturated carbocycles. The standard InChI is InChI=1S/C23H22ClIN2O5/c1-4-13(3)32-20-18(25)11-14(12-19(20)31-5-2)10-17-21(28)26-23(30)27(22(17)29)16-8-6-15(24)7-9-16/h6-13H,4-5H2,1-3H3,(H,26,28,30)/b17-10+/t13-/m0/s1. The lowest BCUT2D eigenvalue weighted by molar-refractivity contribution is -0.122. The summed E-state index contributed by atoms with van der Waals surface area (Å²) in [5, 5.41) is 2.67. The van der Waals surface area contributed by atoms with Crippen molar-refractivity contribution in [3.05, 3.63) is 56.1 Å². The Balaban J connectivity index is 2.01. The average molecular weight is 569 g/mol. The van der Waals surface area contributed by atoms with Crippen molar-refractivity contribution in [1.82, 2.24) is 5.32 Å². The van der Waals surface area contributed by atoms with Crippen LogP contribution in [0.4, 0.5) is 10.5 Å². The summed E-state index contributed by atoms with van der Waals surface area (Å²) >= 11 is 8.03. The first-order valence-corrected chi connectivity index (χ1v) is 11.5. The maximum atomic E-state index is 13.1. The quantitative estimate of drug-likeness (QED) is 0.282. The first-order valence-electron chi connectivity index (χ1n) is 10.0. The second-order valence-corrected chi connectivity index (χ2v) is 8.63. The van der Waals surface area contributed by atoms with Crippen molar-refractivity contribution >= 4 is 63.8 Å². The Labute approximate surface area is 204 Å². The number of imide groups is 2. The summed E-state index contributed by atoms with van der Waals surface area (Å²) in [7, 11) is 0. The molecule has 4 amide bonds. The third-order valence-corrected chi connectivity index (χ3v) is 5.78. The molecule has 0 unspecified atom stereocenters. The highest BCUT2D eigenvalue weighted by molar-refractivity contribution is 14.1. The Bertz CT molecular complexity index is 1080. The molecule has 1 heterocycles. The van der Waals surface area contributed by atoms with E-state index in [1.807, 2.05) is 20.8 Å². The lowest BCUT2D eigenvalue weighted by Gasteiger charge is -2.26. The van der Waals surface area contributed by atoms with Gasteiger partial charge in [-0.1, -0.05) is 18.5 Å². The summed E-state index contributed by atoms with van der Waals surface area (Å²) in [6, 6.07) is 8.86. The molecule has 1 aliphatic heterocycles. The third kappa shape index (κ3) is 5.24. The minimum absolute atomic E-state index is 0.00317. The number of anilines is 1.